The predicted molar refractivity (Wildman–Crippen MR) is 64.0 cm³/mol. The average Bonchev–Trinajstić information content (AvgIpc) is 2.27. The normalized spacial score (nSPS) is 11.8. The molecule has 1 aromatic rings. The Balaban J connectivity index is 3.05. The van der Waals surface area contributed by atoms with Gasteiger partial charge in [0.1, 0.15) is 0 Å². The van der Waals surface area contributed by atoms with Crippen LogP contribution in [0.3, 0.4) is 0 Å². The number of aliphatic carboxylic acids is 1. The third kappa shape index (κ3) is 4.01. The van der Waals surface area contributed by atoms with Crippen LogP contribution < -0.4 is 4.72 Å². The van der Waals surface area contributed by atoms with Crippen LogP contribution >= 0.6 is 0 Å². The van der Waals surface area contributed by atoms with Gasteiger partial charge in [0.25, 0.3) is 0 Å². The van der Waals surface area contributed by atoms with E-state index in [2.05, 4.69) is 4.72 Å². The third-order valence-corrected chi connectivity index (χ3v) is 3.46. The van der Waals surface area contributed by atoms with Crippen LogP contribution in [0.15, 0.2) is 35.2 Å². The van der Waals surface area contributed by atoms with Gasteiger partial charge < -0.3 is 5.11 Å². The Morgan fingerprint density at radius 2 is 2.18 bits per heavy atom. The largest absolute Gasteiger partial charge is 0.478 e. The number of sulfonamides is 1. The van der Waals surface area contributed by atoms with Crippen LogP contribution in [0.5, 0.6) is 0 Å². The van der Waals surface area contributed by atoms with Crippen LogP contribution in [0, 0.1) is 0 Å². The predicted octanol–water partition coefficient (Wildman–Crippen LogP) is 1.08. The molecule has 1 rings (SSSR count). The van der Waals surface area contributed by atoms with Crippen molar-refractivity contribution in [3.05, 3.63) is 35.9 Å². The van der Waals surface area contributed by atoms with Crippen LogP contribution in [0.25, 0.3) is 6.08 Å². The number of carbonyl (C=O) groups is 1. The van der Waals surface area contributed by atoms with E-state index < -0.39 is 16.0 Å². The SMILES string of the molecule is CCNS(=O)(=O)c1cccc(/C=C/C(=O)O)c1. The molecule has 0 saturated heterocycles. The first-order chi connectivity index (χ1) is 7.95. The summed E-state index contributed by atoms with van der Waals surface area (Å²) in [4.78, 5) is 10.5. The summed E-state index contributed by atoms with van der Waals surface area (Å²) in [6.07, 6.45) is 2.30. The topological polar surface area (TPSA) is 83.5 Å². The lowest BCUT2D eigenvalue weighted by atomic mass is 10.2. The van der Waals surface area contributed by atoms with Crippen molar-refractivity contribution in [2.45, 2.75) is 11.8 Å². The van der Waals surface area contributed by atoms with Gasteiger partial charge in [-0.05, 0) is 23.8 Å². The average molecular weight is 255 g/mol. The monoisotopic (exact) mass is 255 g/mol. The molecule has 5 nitrogen and oxygen atoms in total. The fourth-order valence-corrected chi connectivity index (χ4v) is 2.32. The molecular formula is C11H13NO4S. The third-order valence-electron chi connectivity index (χ3n) is 1.92. The Hall–Kier alpha value is -1.66. The first kappa shape index (κ1) is 13.4. The maximum Gasteiger partial charge on any atom is 0.328 e. The standard InChI is InChI=1S/C11H13NO4S/c1-2-12-17(15,16)10-5-3-4-9(8-10)6-7-11(13)14/h3-8,12H,2H2,1H3,(H,13,14)/b7-6+. The van der Waals surface area contributed by atoms with Crippen molar-refractivity contribution in [1.82, 2.24) is 4.72 Å². The highest BCUT2D eigenvalue weighted by molar-refractivity contribution is 7.89. The molecule has 6 heteroatoms. The molecule has 0 unspecified atom stereocenters. The van der Waals surface area contributed by atoms with E-state index in [1.807, 2.05) is 0 Å². The minimum Gasteiger partial charge on any atom is -0.478 e. The molecule has 0 fully saturated rings. The van der Waals surface area contributed by atoms with Gasteiger partial charge in [0.15, 0.2) is 0 Å². The van der Waals surface area contributed by atoms with Gasteiger partial charge in [-0.25, -0.2) is 17.9 Å². The molecule has 0 spiro atoms. The number of nitrogens with one attached hydrogen (secondary N) is 1. The lowest BCUT2D eigenvalue weighted by Gasteiger charge is -2.04. The van der Waals surface area contributed by atoms with E-state index in [9.17, 15) is 13.2 Å². The quantitative estimate of drug-likeness (QED) is 0.771. The fourth-order valence-electron chi connectivity index (χ4n) is 1.23. The van der Waals surface area contributed by atoms with Crippen LogP contribution in [0.4, 0.5) is 0 Å². The molecule has 0 amide bonds. The summed E-state index contributed by atoms with van der Waals surface area (Å²) in [5, 5.41) is 8.47. The van der Waals surface area contributed by atoms with Crippen molar-refractivity contribution in [3.63, 3.8) is 0 Å². The molecule has 2 N–H and O–H groups in total. The Morgan fingerprint density at radius 1 is 1.47 bits per heavy atom. The van der Waals surface area contributed by atoms with Crippen molar-refractivity contribution < 1.29 is 18.3 Å². The van der Waals surface area contributed by atoms with Crippen LogP contribution in [-0.2, 0) is 14.8 Å². The zero-order valence-corrected chi connectivity index (χ0v) is 10.1. The summed E-state index contributed by atoms with van der Waals surface area (Å²) >= 11 is 0. The van der Waals surface area contributed by atoms with Gasteiger partial charge in [-0.1, -0.05) is 19.1 Å². The van der Waals surface area contributed by atoms with E-state index in [-0.39, 0.29) is 4.90 Å². The second kappa shape index (κ2) is 5.60. The summed E-state index contributed by atoms with van der Waals surface area (Å²) in [6, 6.07) is 6.06. The first-order valence-electron chi connectivity index (χ1n) is 4.96. The summed E-state index contributed by atoms with van der Waals surface area (Å²) in [6.45, 7) is 1.99. The number of hydrogen-bond donors (Lipinski definition) is 2. The molecule has 0 aliphatic rings. The number of carboxylic acid groups (broad SMARTS) is 1. The minimum absolute atomic E-state index is 0.117. The Kier molecular flexibility index (Phi) is 4.42. The second-order valence-electron chi connectivity index (χ2n) is 3.25. The van der Waals surface area contributed by atoms with Gasteiger partial charge in [-0.2, -0.15) is 0 Å². The molecule has 92 valence electrons. The maximum atomic E-state index is 11.7. The number of rotatable bonds is 5. The Labute approximate surface area is 99.8 Å². The van der Waals surface area contributed by atoms with E-state index in [1.165, 1.54) is 18.2 Å². The van der Waals surface area contributed by atoms with Crippen LogP contribution in [-0.4, -0.2) is 26.0 Å². The molecular weight excluding hydrogens is 242 g/mol. The first-order valence-corrected chi connectivity index (χ1v) is 6.45. The zero-order valence-electron chi connectivity index (χ0n) is 9.25. The smallest absolute Gasteiger partial charge is 0.328 e. The molecule has 0 aromatic heterocycles. The van der Waals surface area contributed by atoms with E-state index in [1.54, 1.807) is 19.1 Å². The molecule has 0 aliphatic carbocycles. The summed E-state index contributed by atoms with van der Waals surface area (Å²) in [7, 11) is -3.50. The highest BCUT2D eigenvalue weighted by Crippen LogP contribution is 2.12. The van der Waals surface area contributed by atoms with Crippen molar-refractivity contribution in [2.75, 3.05) is 6.54 Å². The van der Waals surface area contributed by atoms with E-state index in [0.717, 1.165) is 6.08 Å². The van der Waals surface area contributed by atoms with Crippen molar-refractivity contribution in [3.8, 4) is 0 Å². The Bertz CT molecular complexity index is 534. The van der Waals surface area contributed by atoms with Crippen molar-refractivity contribution in [2.24, 2.45) is 0 Å². The van der Waals surface area contributed by atoms with Crippen LogP contribution in [0.1, 0.15) is 12.5 Å². The molecule has 0 aliphatic heterocycles. The molecule has 0 saturated carbocycles. The number of carboxylic acids is 1. The molecule has 1 aromatic carbocycles. The summed E-state index contributed by atoms with van der Waals surface area (Å²) in [5.41, 5.74) is 0.520. The molecule has 17 heavy (non-hydrogen) atoms. The molecule has 0 heterocycles. The maximum absolute atomic E-state index is 11.7. The number of benzene rings is 1. The summed E-state index contributed by atoms with van der Waals surface area (Å²) in [5.74, 6) is -1.08. The highest BCUT2D eigenvalue weighted by atomic mass is 32.2. The van der Waals surface area contributed by atoms with Gasteiger partial charge in [-0.15, -0.1) is 0 Å². The van der Waals surface area contributed by atoms with Gasteiger partial charge in [0, 0.05) is 12.6 Å². The zero-order chi connectivity index (χ0) is 12.9. The number of hydrogen-bond acceptors (Lipinski definition) is 3. The van der Waals surface area contributed by atoms with E-state index in [4.69, 9.17) is 5.11 Å². The fraction of sp³-hybridized carbons (Fsp3) is 0.182. The Morgan fingerprint density at radius 3 is 2.76 bits per heavy atom. The molecule has 0 bridgehead atoms. The molecule has 0 radical (unpaired) electrons. The van der Waals surface area contributed by atoms with E-state index in [0.29, 0.717) is 12.1 Å². The minimum atomic E-state index is -3.50. The lowest BCUT2D eigenvalue weighted by molar-refractivity contribution is -0.131. The highest BCUT2D eigenvalue weighted by Gasteiger charge is 2.11. The second-order valence-corrected chi connectivity index (χ2v) is 5.01. The van der Waals surface area contributed by atoms with Gasteiger partial charge in [0.05, 0.1) is 4.90 Å². The van der Waals surface area contributed by atoms with Gasteiger partial charge in [0.2, 0.25) is 10.0 Å². The van der Waals surface area contributed by atoms with Gasteiger partial charge in [-0.3, -0.25) is 0 Å². The molecule has 0 atom stereocenters. The van der Waals surface area contributed by atoms with Gasteiger partial charge >= 0.3 is 5.97 Å². The van der Waals surface area contributed by atoms with E-state index >= 15 is 0 Å². The lowest BCUT2D eigenvalue weighted by Crippen LogP contribution is -2.23. The van der Waals surface area contributed by atoms with Crippen molar-refractivity contribution >= 4 is 22.1 Å². The van der Waals surface area contributed by atoms with Crippen molar-refractivity contribution in [1.29, 1.82) is 0 Å². The summed E-state index contributed by atoms with van der Waals surface area (Å²) < 4.78 is 25.7. The van der Waals surface area contributed by atoms with Crippen LogP contribution in [0.2, 0.25) is 0 Å².